The lowest BCUT2D eigenvalue weighted by Gasteiger charge is -2.50. The number of hydrogen-bond donors (Lipinski definition) is 3. The Kier molecular flexibility index (Phi) is 12.9. The maximum Gasteiger partial charge on any atom is 0.329 e. The van der Waals surface area contributed by atoms with Crippen molar-refractivity contribution in [1.29, 1.82) is 5.26 Å². The van der Waals surface area contributed by atoms with Gasteiger partial charge in [0.1, 0.15) is 28.8 Å². The highest BCUT2D eigenvalue weighted by atomic mass is 19.1. The summed E-state index contributed by atoms with van der Waals surface area (Å²) >= 11 is 0. The van der Waals surface area contributed by atoms with Crippen LogP contribution in [0, 0.1) is 17.1 Å². The van der Waals surface area contributed by atoms with E-state index in [1.165, 1.54) is 11.0 Å². The largest absolute Gasteiger partial charge is 0.483 e. The van der Waals surface area contributed by atoms with Crippen molar-refractivity contribution in [3.05, 3.63) is 101 Å². The normalized spacial score (nSPS) is 21.7. The molecule has 73 heavy (non-hydrogen) atoms. The number of aryl methyl sites for hydroxylation is 1. The van der Waals surface area contributed by atoms with Crippen LogP contribution < -0.4 is 25.6 Å². The molecule has 22 nitrogen and oxygen atoms in total. The van der Waals surface area contributed by atoms with Crippen LogP contribution in [0.2, 0.25) is 0 Å². The smallest absolute Gasteiger partial charge is 0.329 e. The third-order valence-corrected chi connectivity index (χ3v) is 14.9. The molecule has 23 heteroatoms. The molecule has 3 amide bonds. The number of nitrogens with zero attached hydrogens (tertiary/aromatic N) is 14. The molecule has 2 bridgehead atoms. The standard InChI is InChI=1S/C49H51FN16O4.CH2O2/c1-59-41-17-42(39(50)16-38(41)48(58-59)63-11-10-45(68)57-49(63)69)61-14-12-60(13-15-61)34-4-6-35(7-5-34)65-24-33(22-54-65)40-27-66-47(32(18-51)21-55-66)46(56-40)31-3-8-43(52-20-31)62-25-36-28-70-29-37(26-62)64(36)23-30-2-9-44(67)53-19-30;2-1-3/h2-3,8-9,16-17,19-22,24,27,34-37H,4-7,10-15,23,25-26,28-29H2,1H3,(H,53,67)(H,57,68,69);1H,(H,2,3)/t34?,35?,36-,37+;. The van der Waals surface area contributed by atoms with Crippen LogP contribution >= 0.6 is 0 Å². The van der Waals surface area contributed by atoms with E-state index in [1.807, 2.05) is 42.9 Å². The monoisotopic (exact) mass is 992 g/mol. The predicted molar refractivity (Wildman–Crippen MR) is 265 cm³/mol. The van der Waals surface area contributed by atoms with Crippen molar-refractivity contribution < 1.29 is 28.6 Å². The van der Waals surface area contributed by atoms with Gasteiger partial charge >= 0.3 is 6.03 Å². The Balaban J connectivity index is 0.00000187. The molecular weight excluding hydrogens is 940 g/mol. The Morgan fingerprint density at radius 3 is 2.36 bits per heavy atom. The second-order valence-corrected chi connectivity index (χ2v) is 19.1. The van der Waals surface area contributed by atoms with Gasteiger partial charge in [-0.2, -0.15) is 20.6 Å². The maximum absolute atomic E-state index is 15.8. The van der Waals surface area contributed by atoms with Gasteiger partial charge in [0.2, 0.25) is 11.5 Å². The zero-order valence-corrected chi connectivity index (χ0v) is 40.0. The number of benzene rings is 1. The third kappa shape index (κ3) is 9.24. The highest BCUT2D eigenvalue weighted by molar-refractivity contribution is 6.09. The Morgan fingerprint density at radius 1 is 0.890 bits per heavy atom. The number of carbonyl (C=O) groups is 3. The molecule has 376 valence electrons. The fourth-order valence-corrected chi connectivity index (χ4v) is 11.2. The van der Waals surface area contributed by atoms with Crippen molar-refractivity contribution in [3.8, 4) is 28.6 Å². The molecule has 4 saturated heterocycles. The maximum atomic E-state index is 15.8. The van der Waals surface area contributed by atoms with Crippen LogP contribution in [-0.2, 0) is 27.9 Å². The summed E-state index contributed by atoms with van der Waals surface area (Å²) in [5.74, 6) is 0.508. The molecule has 1 saturated carbocycles. The van der Waals surface area contributed by atoms with Crippen molar-refractivity contribution in [2.24, 2.45) is 7.05 Å². The van der Waals surface area contributed by atoms with Crippen LogP contribution in [-0.4, -0.2) is 155 Å². The van der Waals surface area contributed by atoms with E-state index >= 15 is 4.39 Å². The molecule has 6 aromatic heterocycles. The van der Waals surface area contributed by atoms with Crippen LogP contribution in [0.1, 0.15) is 49.3 Å². The minimum Gasteiger partial charge on any atom is -0.483 e. The number of morpholine rings is 1. The van der Waals surface area contributed by atoms with Gasteiger partial charge in [-0.3, -0.25) is 43.8 Å². The summed E-state index contributed by atoms with van der Waals surface area (Å²) < 4.78 is 27.2. The summed E-state index contributed by atoms with van der Waals surface area (Å²) in [4.78, 5) is 68.0. The van der Waals surface area contributed by atoms with Gasteiger partial charge in [0, 0.05) is 113 Å². The lowest BCUT2D eigenvalue weighted by Crippen LogP contribution is -2.64. The highest BCUT2D eigenvalue weighted by Gasteiger charge is 2.39. The fourth-order valence-electron chi connectivity index (χ4n) is 11.2. The van der Waals surface area contributed by atoms with E-state index in [1.54, 1.807) is 34.7 Å². The van der Waals surface area contributed by atoms with E-state index in [9.17, 15) is 19.6 Å². The first-order chi connectivity index (χ1) is 35.5. The van der Waals surface area contributed by atoms with Gasteiger partial charge in [0.25, 0.3) is 6.47 Å². The number of halogens is 1. The molecular formula is C50H53FN16O6. The average molecular weight is 993 g/mol. The number of aromatic nitrogens is 9. The Morgan fingerprint density at radius 2 is 1.66 bits per heavy atom. The minimum atomic E-state index is -0.550. The second-order valence-electron chi connectivity index (χ2n) is 19.1. The molecule has 0 spiro atoms. The number of hydrogen-bond acceptors (Lipinski definition) is 15. The molecule has 2 atom stereocenters. The molecule has 4 aliphatic heterocycles. The van der Waals surface area contributed by atoms with Gasteiger partial charge in [0.05, 0.1) is 72.5 Å². The van der Waals surface area contributed by atoms with E-state index in [2.05, 4.69) is 57.0 Å². The number of nitrogens with one attached hydrogen (secondary N) is 2. The Hall–Kier alpha value is -8.07. The number of urea groups is 1. The number of rotatable bonds is 9. The number of nitriles is 1. The number of aromatic amines is 1. The Bertz CT molecular complexity index is 3280. The van der Waals surface area contributed by atoms with E-state index in [0.29, 0.717) is 77.2 Å². The number of pyridine rings is 2. The first kappa shape index (κ1) is 47.3. The number of H-pyrrole nitrogens is 1. The summed E-state index contributed by atoms with van der Waals surface area (Å²) in [7, 11) is 1.78. The van der Waals surface area contributed by atoms with Crippen molar-refractivity contribution in [2.45, 2.75) is 62.8 Å². The van der Waals surface area contributed by atoms with Crippen molar-refractivity contribution in [2.75, 3.05) is 73.7 Å². The molecule has 5 aliphatic rings. The van der Waals surface area contributed by atoms with E-state index < -0.39 is 6.03 Å². The Labute approximate surface area is 417 Å². The summed E-state index contributed by atoms with van der Waals surface area (Å²) in [5.41, 5.74) is 6.18. The van der Waals surface area contributed by atoms with Gasteiger partial charge in [-0.05, 0) is 55.5 Å². The van der Waals surface area contributed by atoms with Crippen LogP contribution in [0.5, 0.6) is 0 Å². The number of fused-ring (bicyclic) bond motifs is 4. The number of amides is 3. The SMILES string of the molecule is Cn1nc(N2CCC(=O)NC2=O)c2cc(F)c(N3CCN(C4CCC(n5cc(-c6cn7ncc(C#N)c7c(-c7ccc(N8C[C@H]9COC[C@@H](C8)N9Cc8ccc(=O)[nH]c8)nc7)n6)cn5)CC4)CC3)cc21.O=CO. The van der Waals surface area contributed by atoms with Gasteiger partial charge in [-0.15, -0.1) is 0 Å². The molecule has 0 radical (unpaired) electrons. The molecule has 1 aromatic carbocycles. The molecule has 5 fully saturated rings. The fraction of sp³-hybridized carbons (Fsp3) is 0.400. The zero-order valence-electron chi connectivity index (χ0n) is 40.0. The number of carboxylic acid groups (broad SMARTS) is 1. The van der Waals surface area contributed by atoms with Crippen molar-refractivity contribution in [3.63, 3.8) is 0 Å². The third-order valence-electron chi connectivity index (χ3n) is 14.9. The lowest BCUT2D eigenvalue weighted by molar-refractivity contribution is -0.123. The van der Waals surface area contributed by atoms with Crippen LogP contribution in [0.4, 0.5) is 26.5 Å². The summed E-state index contributed by atoms with van der Waals surface area (Å²) in [5, 5.41) is 33.7. The molecule has 0 unspecified atom stereocenters. The molecule has 12 rings (SSSR count). The van der Waals surface area contributed by atoms with Crippen LogP contribution in [0.3, 0.4) is 0 Å². The quantitative estimate of drug-likeness (QED) is 0.174. The van der Waals surface area contributed by atoms with Crippen LogP contribution in [0.25, 0.3) is 38.9 Å². The average Bonchev–Trinajstić information content (AvgIpc) is 4.15. The highest BCUT2D eigenvalue weighted by Crippen LogP contribution is 2.37. The zero-order chi connectivity index (χ0) is 50.3. The number of piperazine rings is 2. The molecule has 7 aromatic rings. The molecule has 3 N–H and O–H groups in total. The topological polar surface area (TPSA) is 244 Å². The van der Waals surface area contributed by atoms with Gasteiger partial charge in [-0.25, -0.2) is 23.7 Å². The van der Waals surface area contributed by atoms with Crippen molar-refractivity contribution in [1.82, 2.24) is 59.2 Å². The molecule has 1 aliphatic carbocycles. The number of imide groups is 1. The number of anilines is 3. The predicted octanol–water partition coefficient (Wildman–Crippen LogP) is 3.78. The van der Waals surface area contributed by atoms with Gasteiger partial charge < -0.3 is 24.6 Å². The van der Waals surface area contributed by atoms with Gasteiger partial charge in [-0.1, -0.05) is 6.07 Å². The van der Waals surface area contributed by atoms with E-state index in [-0.39, 0.29) is 54.8 Å². The van der Waals surface area contributed by atoms with E-state index in [0.717, 1.165) is 80.9 Å². The first-order valence-corrected chi connectivity index (χ1v) is 24.5. The van der Waals surface area contributed by atoms with Gasteiger partial charge in [0.15, 0.2) is 5.82 Å². The first-order valence-electron chi connectivity index (χ1n) is 24.5. The summed E-state index contributed by atoms with van der Waals surface area (Å²) in [6.45, 7) is 6.43. The number of carbonyl (C=O) groups excluding carboxylic acids is 2. The lowest BCUT2D eigenvalue weighted by atomic mass is 9.90. The summed E-state index contributed by atoms with van der Waals surface area (Å²) in [6.07, 6.45) is 15.1. The molecule has 10 heterocycles. The minimum absolute atomic E-state index is 0.109. The van der Waals surface area contributed by atoms with Crippen LogP contribution in [0.15, 0.2) is 78.4 Å². The summed E-state index contributed by atoms with van der Waals surface area (Å²) in [6, 6.07) is 13.5. The number of ether oxygens (including phenoxy) is 1. The van der Waals surface area contributed by atoms with E-state index in [4.69, 9.17) is 29.7 Å². The van der Waals surface area contributed by atoms with Crippen molar-refractivity contribution >= 4 is 52.2 Å². The second kappa shape index (κ2) is 19.9.